The molecule has 10 heteroatoms. The van der Waals surface area contributed by atoms with Crippen LogP contribution in [0, 0.1) is 13.8 Å². The zero-order valence-corrected chi connectivity index (χ0v) is 18.3. The van der Waals surface area contributed by atoms with E-state index >= 15 is 0 Å². The number of urea groups is 1. The number of amides is 5. The van der Waals surface area contributed by atoms with Crippen molar-refractivity contribution in [2.24, 2.45) is 0 Å². The van der Waals surface area contributed by atoms with Gasteiger partial charge in [0.2, 0.25) is 0 Å². The molecule has 1 heterocycles. The standard InChI is InChI=1S/C22H20ClN3O6/c1-11-4-5-12(2)16(6-11)24-18(27)10-32-19-15(23)8-13(9-17(19)31-3)7-14-20(28)25-22(30)26-21(14)29/h4-9H,10H2,1-3H3,(H,24,27)(H2,25,26,28,29,30). The maximum atomic E-state index is 12.3. The second kappa shape index (κ2) is 9.52. The number of nitrogens with one attached hydrogen (secondary N) is 3. The molecule has 3 rings (SSSR count). The van der Waals surface area contributed by atoms with Gasteiger partial charge in [-0.2, -0.15) is 0 Å². The highest BCUT2D eigenvalue weighted by molar-refractivity contribution is 6.33. The number of barbiturate groups is 1. The lowest BCUT2D eigenvalue weighted by Gasteiger charge is -2.16. The summed E-state index contributed by atoms with van der Waals surface area (Å²) >= 11 is 6.30. The summed E-state index contributed by atoms with van der Waals surface area (Å²) in [6.45, 7) is 3.48. The van der Waals surface area contributed by atoms with E-state index in [0.717, 1.165) is 11.1 Å². The minimum absolute atomic E-state index is 0.100. The van der Waals surface area contributed by atoms with Crippen molar-refractivity contribution < 1.29 is 28.7 Å². The minimum atomic E-state index is -0.893. The lowest BCUT2D eigenvalue weighted by atomic mass is 10.1. The Labute approximate surface area is 188 Å². The predicted molar refractivity (Wildman–Crippen MR) is 118 cm³/mol. The Morgan fingerprint density at radius 2 is 1.78 bits per heavy atom. The second-order valence-corrected chi connectivity index (χ2v) is 7.39. The fourth-order valence-electron chi connectivity index (χ4n) is 2.93. The molecule has 0 bridgehead atoms. The maximum absolute atomic E-state index is 12.3. The van der Waals surface area contributed by atoms with Crippen molar-refractivity contribution >= 4 is 47.1 Å². The number of hydrogen-bond donors (Lipinski definition) is 3. The van der Waals surface area contributed by atoms with Crippen LogP contribution in [0.4, 0.5) is 10.5 Å². The third kappa shape index (κ3) is 5.25. The zero-order chi connectivity index (χ0) is 23.4. The topological polar surface area (TPSA) is 123 Å². The van der Waals surface area contributed by atoms with Crippen LogP contribution in [-0.2, 0) is 14.4 Å². The van der Waals surface area contributed by atoms with E-state index < -0.39 is 17.8 Å². The van der Waals surface area contributed by atoms with Crippen LogP contribution >= 0.6 is 11.6 Å². The van der Waals surface area contributed by atoms with Gasteiger partial charge in [-0.05, 0) is 54.8 Å². The van der Waals surface area contributed by atoms with Gasteiger partial charge in [0.25, 0.3) is 17.7 Å². The summed E-state index contributed by atoms with van der Waals surface area (Å²) in [5.74, 6) is -1.74. The number of benzene rings is 2. The molecule has 0 saturated carbocycles. The lowest BCUT2D eigenvalue weighted by molar-refractivity contribution is -0.124. The van der Waals surface area contributed by atoms with Crippen LogP contribution in [0.15, 0.2) is 35.9 Å². The molecule has 2 aromatic carbocycles. The molecule has 0 unspecified atom stereocenters. The van der Waals surface area contributed by atoms with E-state index in [-0.39, 0.29) is 34.6 Å². The predicted octanol–water partition coefficient (Wildman–Crippen LogP) is 2.73. The van der Waals surface area contributed by atoms with Crippen molar-refractivity contribution in [2.75, 3.05) is 19.0 Å². The van der Waals surface area contributed by atoms with E-state index in [1.165, 1.54) is 25.3 Å². The van der Waals surface area contributed by atoms with E-state index in [1.54, 1.807) is 0 Å². The van der Waals surface area contributed by atoms with Gasteiger partial charge in [-0.3, -0.25) is 25.0 Å². The second-order valence-electron chi connectivity index (χ2n) is 6.98. The van der Waals surface area contributed by atoms with Gasteiger partial charge in [-0.1, -0.05) is 23.7 Å². The summed E-state index contributed by atoms with van der Waals surface area (Å²) in [6.07, 6.45) is 1.25. The van der Waals surface area contributed by atoms with Gasteiger partial charge < -0.3 is 14.8 Å². The SMILES string of the molecule is COc1cc(C=C2C(=O)NC(=O)NC2=O)cc(Cl)c1OCC(=O)Nc1cc(C)ccc1C. The molecular weight excluding hydrogens is 438 g/mol. The Kier molecular flexibility index (Phi) is 6.79. The van der Waals surface area contributed by atoms with E-state index in [0.29, 0.717) is 11.3 Å². The molecular formula is C22H20ClN3O6. The number of ether oxygens (including phenoxy) is 2. The molecule has 1 saturated heterocycles. The first kappa shape index (κ1) is 22.8. The van der Waals surface area contributed by atoms with Gasteiger partial charge in [0, 0.05) is 5.69 Å². The molecule has 3 N–H and O–H groups in total. The monoisotopic (exact) mass is 457 g/mol. The number of anilines is 1. The number of hydrogen-bond acceptors (Lipinski definition) is 6. The largest absolute Gasteiger partial charge is 0.493 e. The Bertz CT molecular complexity index is 1140. The molecule has 1 aliphatic rings. The number of imide groups is 2. The molecule has 1 fully saturated rings. The molecule has 1 aliphatic heterocycles. The molecule has 0 aliphatic carbocycles. The highest BCUT2D eigenvalue weighted by Gasteiger charge is 2.28. The van der Waals surface area contributed by atoms with E-state index in [1.807, 2.05) is 42.7 Å². The molecule has 9 nitrogen and oxygen atoms in total. The molecule has 0 spiro atoms. The van der Waals surface area contributed by atoms with E-state index in [4.69, 9.17) is 21.1 Å². The van der Waals surface area contributed by atoms with Crippen molar-refractivity contribution in [2.45, 2.75) is 13.8 Å². The normalized spacial score (nSPS) is 13.2. The summed E-state index contributed by atoms with van der Waals surface area (Å²) in [6, 6.07) is 7.73. The minimum Gasteiger partial charge on any atom is -0.493 e. The highest BCUT2D eigenvalue weighted by Crippen LogP contribution is 2.37. The zero-order valence-electron chi connectivity index (χ0n) is 17.5. The van der Waals surface area contributed by atoms with Gasteiger partial charge in [0.1, 0.15) is 5.57 Å². The van der Waals surface area contributed by atoms with E-state index in [9.17, 15) is 19.2 Å². The first-order valence-electron chi connectivity index (χ1n) is 9.43. The summed E-state index contributed by atoms with van der Waals surface area (Å²) in [5, 5.41) is 6.85. The summed E-state index contributed by atoms with van der Waals surface area (Å²) < 4.78 is 10.9. The van der Waals surface area contributed by atoms with Crippen LogP contribution in [-0.4, -0.2) is 37.5 Å². The first-order chi connectivity index (χ1) is 15.2. The Morgan fingerprint density at radius 3 is 2.44 bits per heavy atom. The smallest absolute Gasteiger partial charge is 0.328 e. The number of carbonyl (C=O) groups excluding carboxylic acids is 4. The van der Waals surface area contributed by atoms with Crippen molar-refractivity contribution in [3.05, 3.63) is 57.6 Å². The summed E-state index contributed by atoms with van der Waals surface area (Å²) in [4.78, 5) is 47.3. The molecule has 0 aromatic heterocycles. The van der Waals surface area contributed by atoms with Crippen LogP contribution < -0.4 is 25.4 Å². The Morgan fingerprint density at radius 1 is 1.09 bits per heavy atom. The number of methoxy groups -OCH3 is 1. The number of halogens is 1. The number of aryl methyl sites for hydroxylation is 2. The van der Waals surface area contributed by atoms with Crippen LogP contribution in [0.3, 0.4) is 0 Å². The van der Waals surface area contributed by atoms with Crippen molar-refractivity contribution in [1.29, 1.82) is 0 Å². The van der Waals surface area contributed by atoms with Gasteiger partial charge in [-0.15, -0.1) is 0 Å². The Hall–Kier alpha value is -3.85. The first-order valence-corrected chi connectivity index (χ1v) is 9.81. The average molecular weight is 458 g/mol. The van der Waals surface area contributed by atoms with Gasteiger partial charge in [0.05, 0.1) is 12.1 Å². The summed E-state index contributed by atoms with van der Waals surface area (Å²) in [5.41, 5.74) is 2.68. The van der Waals surface area contributed by atoms with Gasteiger partial charge in [-0.25, -0.2) is 4.79 Å². The molecule has 0 atom stereocenters. The quantitative estimate of drug-likeness (QED) is 0.452. The lowest BCUT2D eigenvalue weighted by Crippen LogP contribution is -2.51. The average Bonchev–Trinajstić information content (AvgIpc) is 2.72. The van der Waals surface area contributed by atoms with Crippen molar-refractivity contribution in [3.63, 3.8) is 0 Å². The number of carbonyl (C=O) groups is 4. The van der Waals surface area contributed by atoms with Crippen LogP contribution in [0.25, 0.3) is 6.08 Å². The van der Waals surface area contributed by atoms with Gasteiger partial charge in [0.15, 0.2) is 18.1 Å². The molecule has 0 radical (unpaired) electrons. The van der Waals surface area contributed by atoms with Crippen molar-refractivity contribution in [3.8, 4) is 11.5 Å². The Balaban J connectivity index is 1.77. The maximum Gasteiger partial charge on any atom is 0.328 e. The third-order valence-electron chi connectivity index (χ3n) is 4.52. The highest BCUT2D eigenvalue weighted by atomic mass is 35.5. The van der Waals surface area contributed by atoms with Crippen LogP contribution in [0.1, 0.15) is 16.7 Å². The fourth-order valence-corrected chi connectivity index (χ4v) is 3.20. The van der Waals surface area contributed by atoms with Crippen LogP contribution in [0.2, 0.25) is 5.02 Å². The molecule has 5 amide bonds. The molecule has 32 heavy (non-hydrogen) atoms. The van der Waals surface area contributed by atoms with Crippen molar-refractivity contribution in [1.82, 2.24) is 10.6 Å². The van der Waals surface area contributed by atoms with E-state index in [2.05, 4.69) is 5.32 Å². The summed E-state index contributed by atoms with van der Waals surface area (Å²) in [7, 11) is 1.38. The van der Waals surface area contributed by atoms with Crippen LogP contribution in [0.5, 0.6) is 11.5 Å². The fraction of sp³-hybridized carbons (Fsp3) is 0.182. The molecule has 166 valence electrons. The van der Waals surface area contributed by atoms with Gasteiger partial charge >= 0.3 is 6.03 Å². The molecule has 2 aromatic rings. The third-order valence-corrected chi connectivity index (χ3v) is 4.80. The number of rotatable bonds is 6.